The molecule has 0 bridgehead atoms. The minimum absolute atomic E-state index is 0.0578. The highest BCUT2D eigenvalue weighted by atomic mass is 16.7. The number of hydrogen-bond donors (Lipinski definition) is 3. The monoisotopic (exact) mass is 632 g/mol. The molecule has 2 rings (SSSR count). The molecule has 3 N–H and O–H groups in total. The number of aryl methyl sites for hydroxylation is 1. The van der Waals surface area contributed by atoms with Gasteiger partial charge in [-0.1, -0.05) is 34.9 Å². The fourth-order valence-corrected chi connectivity index (χ4v) is 4.88. The number of aromatic hydroxyl groups is 1. The molecule has 0 amide bonds. The third-order valence-corrected chi connectivity index (χ3v) is 7.05. The Bertz CT molecular complexity index is 1270. The van der Waals surface area contributed by atoms with Gasteiger partial charge in [-0.05, 0) is 78.0 Å². The van der Waals surface area contributed by atoms with E-state index in [1.54, 1.807) is 19.1 Å². The number of aliphatic hydroxyl groups excluding tert-OH is 2. The highest BCUT2D eigenvalue weighted by molar-refractivity contribution is 5.68. The number of allylic oxidation sites excluding steroid dienone is 4. The zero-order valence-corrected chi connectivity index (χ0v) is 27.5. The quantitative estimate of drug-likeness (QED) is 0.150. The molecule has 0 radical (unpaired) electrons. The van der Waals surface area contributed by atoms with Crippen molar-refractivity contribution in [1.82, 2.24) is 0 Å². The molecule has 250 valence electrons. The molecule has 11 heteroatoms. The fraction of sp³-hybridized carbons (Fsp3) is 0.559. The average Bonchev–Trinajstić information content (AvgIpc) is 2.91. The Morgan fingerprint density at radius 3 is 2.18 bits per heavy atom. The average molecular weight is 633 g/mol. The Morgan fingerprint density at radius 1 is 0.933 bits per heavy atom. The van der Waals surface area contributed by atoms with E-state index in [2.05, 4.69) is 6.08 Å². The lowest BCUT2D eigenvalue weighted by molar-refractivity contribution is -0.285. The van der Waals surface area contributed by atoms with Crippen LogP contribution in [0.5, 0.6) is 11.5 Å². The van der Waals surface area contributed by atoms with Gasteiger partial charge in [0.15, 0.2) is 18.3 Å². The van der Waals surface area contributed by atoms with E-state index in [0.29, 0.717) is 29.7 Å². The van der Waals surface area contributed by atoms with Crippen LogP contribution >= 0.6 is 0 Å². The van der Waals surface area contributed by atoms with Gasteiger partial charge in [0.1, 0.15) is 24.2 Å². The highest BCUT2D eigenvalue weighted by Crippen LogP contribution is 2.33. The molecule has 1 heterocycles. The molecule has 1 aliphatic rings. The van der Waals surface area contributed by atoms with Crippen molar-refractivity contribution < 1.29 is 53.4 Å². The first-order valence-electron chi connectivity index (χ1n) is 15.0. The van der Waals surface area contributed by atoms with E-state index in [-0.39, 0.29) is 12.4 Å². The van der Waals surface area contributed by atoms with Crippen LogP contribution in [0.25, 0.3) is 0 Å². The van der Waals surface area contributed by atoms with E-state index in [9.17, 15) is 29.7 Å². The number of ether oxygens (including phenoxy) is 5. The summed E-state index contributed by atoms with van der Waals surface area (Å²) in [5, 5.41) is 31.8. The Balaban J connectivity index is 2.27. The minimum Gasteiger partial charge on any atom is -0.508 e. The molecule has 1 aliphatic heterocycles. The first-order valence-corrected chi connectivity index (χ1v) is 15.0. The molecule has 0 spiro atoms. The van der Waals surface area contributed by atoms with E-state index in [4.69, 9.17) is 23.7 Å². The zero-order chi connectivity index (χ0) is 33.8. The first kappa shape index (κ1) is 37.5. The number of carbonyl (C=O) groups is 3. The molecule has 1 aromatic carbocycles. The first-order chi connectivity index (χ1) is 21.1. The Labute approximate surface area is 265 Å². The summed E-state index contributed by atoms with van der Waals surface area (Å²) in [6.07, 6.45) is 1.23. The van der Waals surface area contributed by atoms with Gasteiger partial charge in [0.05, 0.1) is 6.10 Å². The number of rotatable bonds is 14. The summed E-state index contributed by atoms with van der Waals surface area (Å²) in [4.78, 5) is 35.3. The summed E-state index contributed by atoms with van der Waals surface area (Å²) >= 11 is 0. The predicted molar refractivity (Wildman–Crippen MR) is 166 cm³/mol. The van der Waals surface area contributed by atoms with Crippen LogP contribution in [0.15, 0.2) is 47.1 Å². The van der Waals surface area contributed by atoms with E-state index < -0.39 is 54.7 Å². The molecule has 1 aromatic rings. The van der Waals surface area contributed by atoms with E-state index in [1.807, 2.05) is 39.8 Å². The third-order valence-electron chi connectivity index (χ3n) is 7.05. The molecule has 0 saturated carbocycles. The van der Waals surface area contributed by atoms with Gasteiger partial charge < -0.3 is 39.0 Å². The van der Waals surface area contributed by atoms with Crippen molar-refractivity contribution in [2.75, 3.05) is 6.61 Å². The number of carbonyl (C=O) groups excluding carboxylic acids is 3. The van der Waals surface area contributed by atoms with Gasteiger partial charge in [0.25, 0.3) is 0 Å². The molecule has 6 atom stereocenters. The van der Waals surface area contributed by atoms with Crippen molar-refractivity contribution in [2.24, 2.45) is 0 Å². The molecule has 1 saturated heterocycles. The second-order valence-electron chi connectivity index (χ2n) is 11.7. The fourth-order valence-electron chi connectivity index (χ4n) is 4.88. The highest BCUT2D eigenvalue weighted by Gasteiger charge is 2.51. The van der Waals surface area contributed by atoms with Crippen LogP contribution in [-0.4, -0.2) is 76.6 Å². The lowest BCUT2D eigenvalue weighted by Gasteiger charge is -2.42. The van der Waals surface area contributed by atoms with Gasteiger partial charge in [0.2, 0.25) is 6.29 Å². The summed E-state index contributed by atoms with van der Waals surface area (Å²) in [5.41, 5.74) is 4.40. The summed E-state index contributed by atoms with van der Waals surface area (Å²) in [6, 6.07) is 3.17. The largest absolute Gasteiger partial charge is 0.508 e. The van der Waals surface area contributed by atoms with Crippen LogP contribution in [0, 0.1) is 6.92 Å². The van der Waals surface area contributed by atoms with Crippen molar-refractivity contribution in [2.45, 2.75) is 118 Å². The second kappa shape index (κ2) is 17.7. The molecular weight excluding hydrogens is 584 g/mol. The molecular formula is C34H48O11. The van der Waals surface area contributed by atoms with Crippen molar-refractivity contribution in [3.05, 3.63) is 58.2 Å². The Kier molecular flexibility index (Phi) is 14.8. The van der Waals surface area contributed by atoms with Crippen LogP contribution in [0.1, 0.15) is 78.9 Å². The molecule has 0 aliphatic carbocycles. The van der Waals surface area contributed by atoms with Crippen LogP contribution in [0.4, 0.5) is 0 Å². The maximum absolute atomic E-state index is 11.9. The molecule has 1 fully saturated rings. The number of benzene rings is 1. The minimum atomic E-state index is -1.59. The summed E-state index contributed by atoms with van der Waals surface area (Å²) in [7, 11) is 0. The lowest BCUT2D eigenvalue weighted by Crippen LogP contribution is -2.62. The zero-order valence-electron chi connectivity index (χ0n) is 27.5. The summed E-state index contributed by atoms with van der Waals surface area (Å²) in [6.45, 7) is 12.7. The Hall–Kier alpha value is -3.67. The molecule has 11 nitrogen and oxygen atoms in total. The third kappa shape index (κ3) is 12.7. The van der Waals surface area contributed by atoms with Crippen LogP contribution in [0.2, 0.25) is 0 Å². The van der Waals surface area contributed by atoms with Gasteiger partial charge >= 0.3 is 17.9 Å². The lowest BCUT2D eigenvalue weighted by atomic mass is 9.98. The van der Waals surface area contributed by atoms with Gasteiger partial charge in [-0.15, -0.1) is 0 Å². The maximum Gasteiger partial charge on any atom is 0.303 e. The number of hydrogen-bond acceptors (Lipinski definition) is 11. The summed E-state index contributed by atoms with van der Waals surface area (Å²) < 4.78 is 27.8. The number of phenols is 1. The molecule has 45 heavy (non-hydrogen) atoms. The normalized spacial score (nSPS) is 22.7. The van der Waals surface area contributed by atoms with Crippen molar-refractivity contribution >= 4 is 17.9 Å². The van der Waals surface area contributed by atoms with E-state index >= 15 is 0 Å². The van der Waals surface area contributed by atoms with Crippen LogP contribution < -0.4 is 4.74 Å². The predicted octanol–water partition coefficient (Wildman–Crippen LogP) is 4.52. The standard InChI is InChI=1S/C34H48O11/c1-19(2)14-27(38)15-21(4)11-9-10-20(3)12-13-26-17-28(39)22(5)16-29(26)44-34-31(40)33(43-25(8)37)32(42-24(7)36)30(45-34)18-41-23(6)35/h11-12,14,16-17,27,30-34,38-40H,9-10,13,15,18H2,1-8H3/b20-12+,21-11+/t27-,30?,31?,32?,33?,34?/m1/s1. The van der Waals surface area contributed by atoms with Crippen molar-refractivity contribution in [3.8, 4) is 11.5 Å². The molecule has 5 unspecified atom stereocenters. The smallest absolute Gasteiger partial charge is 0.303 e. The SMILES string of the molecule is CC(=O)OCC1OC(Oc2cc(C)c(O)cc2C/C=C(\C)CC/C=C(\C)C[C@H](O)C=C(C)C)C(O)C(OC(C)=O)C1OC(C)=O. The summed E-state index contributed by atoms with van der Waals surface area (Å²) in [5.74, 6) is -1.70. The van der Waals surface area contributed by atoms with Crippen molar-refractivity contribution in [1.29, 1.82) is 0 Å². The van der Waals surface area contributed by atoms with Crippen molar-refractivity contribution in [3.63, 3.8) is 0 Å². The second-order valence-corrected chi connectivity index (χ2v) is 11.7. The van der Waals surface area contributed by atoms with Crippen LogP contribution in [-0.2, 0) is 39.8 Å². The number of phenolic OH excluding ortho intramolecular Hbond substituents is 1. The van der Waals surface area contributed by atoms with Gasteiger partial charge in [-0.25, -0.2) is 0 Å². The van der Waals surface area contributed by atoms with E-state index in [1.165, 1.54) is 6.92 Å². The number of esters is 3. The number of aliphatic hydroxyl groups is 2. The maximum atomic E-state index is 11.9. The van der Waals surface area contributed by atoms with Gasteiger partial charge in [0, 0.05) is 26.3 Å². The van der Waals surface area contributed by atoms with Gasteiger partial charge in [-0.3, -0.25) is 14.4 Å². The Morgan fingerprint density at radius 2 is 1.58 bits per heavy atom. The van der Waals surface area contributed by atoms with Crippen LogP contribution in [0.3, 0.4) is 0 Å². The topological polar surface area (TPSA) is 158 Å². The molecule has 0 aromatic heterocycles. The van der Waals surface area contributed by atoms with E-state index in [0.717, 1.165) is 43.4 Å². The van der Waals surface area contributed by atoms with Gasteiger partial charge in [-0.2, -0.15) is 0 Å².